The Morgan fingerprint density at radius 2 is 1.73 bits per heavy atom. The molecule has 5 nitrogen and oxygen atoms in total. The maximum atomic E-state index is 4.51. The van der Waals surface area contributed by atoms with E-state index in [0.717, 1.165) is 39.6 Å². The molecule has 0 amide bonds. The highest BCUT2D eigenvalue weighted by Crippen LogP contribution is 2.29. The number of hydrogen-bond donors (Lipinski definition) is 0. The highest BCUT2D eigenvalue weighted by molar-refractivity contribution is 7.99. The third-order valence-corrected chi connectivity index (χ3v) is 5.94. The van der Waals surface area contributed by atoms with Crippen LogP contribution in [0.25, 0.3) is 5.69 Å². The zero-order valence-corrected chi connectivity index (χ0v) is 17.1. The standard InChI is InChI=1S/C19H23N5S2/c1-5-15(4)26-19-23-22-17(24(19)16-9-7-6-8-10-16)12-25-18-20-13(2)11-14(3)21-18/h6-11,15H,5,12H2,1-4H3. The Labute approximate surface area is 163 Å². The van der Waals surface area contributed by atoms with Crippen LogP contribution in [0.2, 0.25) is 0 Å². The lowest BCUT2D eigenvalue weighted by atomic mass is 10.3. The molecule has 3 rings (SSSR count). The van der Waals surface area contributed by atoms with E-state index in [2.05, 4.69) is 50.7 Å². The normalized spacial score (nSPS) is 12.3. The van der Waals surface area contributed by atoms with E-state index in [-0.39, 0.29) is 0 Å². The molecule has 0 saturated carbocycles. The van der Waals surface area contributed by atoms with Crippen LogP contribution in [0.15, 0.2) is 46.7 Å². The topological polar surface area (TPSA) is 56.5 Å². The Morgan fingerprint density at radius 1 is 1.04 bits per heavy atom. The van der Waals surface area contributed by atoms with Crippen molar-refractivity contribution < 1.29 is 0 Å². The van der Waals surface area contributed by atoms with Crippen molar-refractivity contribution in [2.45, 2.75) is 55.4 Å². The van der Waals surface area contributed by atoms with E-state index >= 15 is 0 Å². The quantitative estimate of drug-likeness (QED) is 0.428. The molecule has 26 heavy (non-hydrogen) atoms. The average Bonchev–Trinajstić information content (AvgIpc) is 3.02. The maximum Gasteiger partial charge on any atom is 0.196 e. The van der Waals surface area contributed by atoms with Crippen LogP contribution in [-0.4, -0.2) is 30.0 Å². The first-order valence-corrected chi connectivity index (χ1v) is 10.5. The van der Waals surface area contributed by atoms with Crippen molar-refractivity contribution in [1.29, 1.82) is 0 Å². The van der Waals surface area contributed by atoms with Gasteiger partial charge < -0.3 is 0 Å². The van der Waals surface area contributed by atoms with Crippen LogP contribution in [0.3, 0.4) is 0 Å². The molecule has 2 heterocycles. The highest BCUT2D eigenvalue weighted by Gasteiger charge is 2.17. The summed E-state index contributed by atoms with van der Waals surface area (Å²) < 4.78 is 2.15. The molecule has 1 unspecified atom stereocenters. The molecule has 1 atom stereocenters. The summed E-state index contributed by atoms with van der Waals surface area (Å²) in [7, 11) is 0. The van der Waals surface area contributed by atoms with Gasteiger partial charge in [-0.05, 0) is 38.5 Å². The molecule has 0 saturated heterocycles. The SMILES string of the molecule is CCC(C)Sc1nnc(CSc2nc(C)cc(C)n2)n1-c1ccccc1. The maximum absolute atomic E-state index is 4.51. The third-order valence-electron chi connectivity index (χ3n) is 3.89. The Balaban J connectivity index is 1.88. The van der Waals surface area contributed by atoms with Gasteiger partial charge in [-0.15, -0.1) is 10.2 Å². The van der Waals surface area contributed by atoms with Crippen LogP contribution in [0.4, 0.5) is 0 Å². The third kappa shape index (κ3) is 4.65. The number of hydrogen-bond acceptors (Lipinski definition) is 6. The van der Waals surface area contributed by atoms with Gasteiger partial charge >= 0.3 is 0 Å². The molecule has 0 radical (unpaired) electrons. The van der Waals surface area contributed by atoms with Gasteiger partial charge in [-0.25, -0.2) is 9.97 Å². The monoisotopic (exact) mass is 385 g/mol. The lowest BCUT2D eigenvalue weighted by molar-refractivity contribution is 0.840. The number of aromatic nitrogens is 5. The number of rotatable bonds is 7. The Hall–Kier alpha value is -1.86. The van der Waals surface area contributed by atoms with E-state index in [1.807, 2.05) is 38.1 Å². The van der Waals surface area contributed by atoms with E-state index in [9.17, 15) is 0 Å². The Morgan fingerprint density at radius 3 is 2.38 bits per heavy atom. The highest BCUT2D eigenvalue weighted by atomic mass is 32.2. The van der Waals surface area contributed by atoms with Gasteiger partial charge in [0.25, 0.3) is 0 Å². The summed E-state index contributed by atoms with van der Waals surface area (Å²) in [5, 5.41) is 11.1. The lowest BCUT2D eigenvalue weighted by Crippen LogP contribution is -2.04. The fraction of sp³-hybridized carbons (Fsp3) is 0.368. The molecule has 0 aliphatic rings. The van der Waals surface area contributed by atoms with Gasteiger partial charge in [-0.3, -0.25) is 4.57 Å². The molecule has 3 aromatic rings. The van der Waals surface area contributed by atoms with Gasteiger partial charge in [-0.1, -0.05) is 55.6 Å². The smallest absolute Gasteiger partial charge is 0.196 e. The molecule has 0 N–H and O–H groups in total. The lowest BCUT2D eigenvalue weighted by Gasteiger charge is -2.12. The summed E-state index contributed by atoms with van der Waals surface area (Å²) in [6.07, 6.45) is 1.09. The second-order valence-electron chi connectivity index (χ2n) is 6.13. The van der Waals surface area contributed by atoms with Gasteiger partial charge in [0.1, 0.15) is 5.82 Å². The zero-order valence-electron chi connectivity index (χ0n) is 15.5. The minimum atomic E-state index is 0.491. The van der Waals surface area contributed by atoms with E-state index in [1.165, 1.54) is 0 Å². The molecule has 2 aromatic heterocycles. The van der Waals surface area contributed by atoms with E-state index < -0.39 is 0 Å². The largest absolute Gasteiger partial charge is 0.273 e. The minimum absolute atomic E-state index is 0.491. The van der Waals surface area contributed by atoms with Crippen LogP contribution >= 0.6 is 23.5 Å². The number of aryl methyl sites for hydroxylation is 2. The second kappa shape index (κ2) is 8.68. The van der Waals surface area contributed by atoms with Crippen molar-refractivity contribution in [2.24, 2.45) is 0 Å². The van der Waals surface area contributed by atoms with Crippen LogP contribution < -0.4 is 0 Å². The first-order chi connectivity index (χ1) is 12.6. The predicted molar refractivity (Wildman–Crippen MR) is 108 cm³/mol. The van der Waals surface area contributed by atoms with E-state index in [4.69, 9.17) is 0 Å². The summed E-state index contributed by atoms with van der Waals surface area (Å²) in [5.74, 6) is 1.58. The van der Waals surface area contributed by atoms with Crippen LogP contribution in [0, 0.1) is 13.8 Å². The van der Waals surface area contributed by atoms with Crippen molar-refractivity contribution >= 4 is 23.5 Å². The average molecular weight is 386 g/mol. The summed E-state index contributed by atoms with van der Waals surface area (Å²) in [4.78, 5) is 9.02. The van der Waals surface area contributed by atoms with Gasteiger partial charge in [0.2, 0.25) is 0 Å². The Bertz CT molecular complexity index is 843. The molecule has 0 bridgehead atoms. The summed E-state index contributed by atoms with van der Waals surface area (Å²) in [6, 6.07) is 12.3. The number of benzene rings is 1. The van der Waals surface area contributed by atoms with Gasteiger partial charge in [-0.2, -0.15) is 0 Å². The first kappa shape index (κ1) is 18.9. The first-order valence-electron chi connectivity index (χ1n) is 8.68. The number of thioether (sulfide) groups is 2. The van der Waals surface area contributed by atoms with Crippen LogP contribution in [0.1, 0.15) is 37.5 Å². The van der Waals surface area contributed by atoms with Gasteiger partial charge in [0, 0.05) is 22.3 Å². The van der Waals surface area contributed by atoms with Crippen molar-refractivity contribution in [3.8, 4) is 5.69 Å². The van der Waals surface area contributed by atoms with E-state index in [1.54, 1.807) is 23.5 Å². The molecule has 136 valence electrons. The molecule has 0 spiro atoms. The number of para-hydroxylation sites is 1. The second-order valence-corrected chi connectivity index (χ2v) is 8.48. The van der Waals surface area contributed by atoms with Crippen molar-refractivity contribution in [1.82, 2.24) is 24.7 Å². The van der Waals surface area contributed by atoms with Gasteiger partial charge in [0.15, 0.2) is 10.3 Å². The molecular formula is C19H23N5S2. The molecule has 0 aliphatic carbocycles. The number of nitrogens with zero attached hydrogens (tertiary/aromatic N) is 5. The molecule has 7 heteroatoms. The summed E-state index contributed by atoms with van der Waals surface area (Å²) >= 11 is 3.36. The molecule has 0 aliphatic heterocycles. The summed E-state index contributed by atoms with van der Waals surface area (Å²) in [6.45, 7) is 8.39. The van der Waals surface area contributed by atoms with E-state index in [0.29, 0.717) is 11.0 Å². The molecular weight excluding hydrogens is 362 g/mol. The fourth-order valence-electron chi connectivity index (χ4n) is 2.46. The van der Waals surface area contributed by atoms with Gasteiger partial charge in [0.05, 0.1) is 5.75 Å². The summed E-state index contributed by atoms with van der Waals surface area (Å²) in [5.41, 5.74) is 3.05. The molecule has 0 fully saturated rings. The Kier molecular flexibility index (Phi) is 6.32. The van der Waals surface area contributed by atoms with Crippen molar-refractivity contribution in [2.75, 3.05) is 0 Å². The fourth-order valence-corrected chi connectivity index (χ4v) is 4.25. The van der Waals surface area contributed by atoms with Crippen molar-refractivity contribution in [3.05, 3.63) is 53.6 Å². The predicted octanol–water partition coefficient (Wildman–Crippen LogP) is 4.86. The van der Waals surface area contributed by atoms with Crippen molar-refractivity contribution in [3.63, 3.8) is 0 Å². The molecule has 1 aromatic carbocycles. The zero-order chi connectivity index (χ0) is 18.5. The van der Waals surface area contributed by atoms with Crippen LogP contribution in [0.5, 0.6) is 0 Å². The van der Waals surface area contributed by atoms with Crippen LogP contribution in [-0.2, 0) is 5.75 Å². The minimum Gasteiger partial charge on any atom is -0.273 e.